The molecule has 20 heavy (non-hydrogen) atoms. The molecule has 2 aromatic heterocycles. The summed E-state index contributed by atoms with van der Waals surface area (Å²) in [6, 6.07) is 2.16. The van der Waals surface area contributed by atoms with E-state index in [9.17, 15) is 0 Å². The molecule has 0 spiro atoms. The number of hydrogen-bond donors (Lipinski definition) is 1. The monoisotopic (exact) mass is 308 g/mol. The van der Waals surface area contributed by atoms with Crippen LogP contribution < -0.4 is 5.32 Å². The predicted molar refractivity (Wildman–Crippen MR) is 90.6 cm³/mol. The molecule has 0 fully saturated rings. The summed E-state index contributed by atoms with van der Waals surface area (Å²) < 4.78 is 0. The van der Waals surface area contributed by atoms with E-state index >= 15 is 0 Å². The van der Waals surface area contributed by atoms with E-state index in [0.29, 0.717) is 5.92 Å². The second kappa shape index (κ2) is 6.37. The maximum atomic E-state index is 4.88. The fourth-order valence-electron chi connectivity index (χ4n) is 1.92. The third-order valence-corrected chi connectivity index (χ3v) is 4.76. The molecule has 2 aromatic rings. The van der Waals surface area contributed by atoms with Gasteiger partial charge in [-0.2, -0.15) is 11.3 Å². The molecule has 0 saturated heterocycles. The number of rotatable bonds is 5. The van der Waals surface area contributed by atoms with Crippen molar-refractivity contribution in [3.8, 4) is 10.6 Å². The number of nitrogens with zero attached hydrogens (tertiary/aromatic N) is 1. The first-order valence-electron chi connectivity index (χ1n) is 7.11. The summed E-state index contributed by atoms with van der Waals surface area (Å²) in [4.78, 5) is 6.26. The lowest BCUT2D eigenvalue weighted by molar-refractivity contribution is 0.425. The summed E-state index contributed by atoms with van der Waals surface area (Å²) in [5, 5.41) is 9.04. The third kappa shape index (κ3) is 4.40. The molecule has 2 rings (SSSR count). The number of hydrogen-bond acceptors (Lipinski definition) is 4. The number of nitrogens with one attached hydrogen (secondary N) is 1. The standard InChI is InChI=1S/C16H24N2S2/c1-11(2)8-13-14(9-17-16(3,4)5)20-15(18-13)12-6-7-19-10-12/h6-7,10-11,17H,8-9H2,1-5H3. The Hall–Kier alpha value is -0.710. The van der Waals surface area contributed by atoms with Crippen LogP contribution in [0.5, 0.6) is 0 Å². The summed E-state index contributed by atoms with van der Waals surface area (Å²) in [6.45, 7) is 12.0. The minimum absolute atomic E-state index is 0.141. The summed E-state index contributed by atoms with van der Waals surface area (Å²) in [6.07, 6.45) is 1.06. The van der Waals surface area contributed by atoms with Crippen molar-refractivity contribution in [2.45, 2.75) is 53.1 Å². The highest BCUT2D eigenvalue weighted by atomic mass is 32.1. The van der Waals surface area contributed by atoms with Gasteiger partial charge in [0.15, 0.2) is 0 Å². The molecule has 4 heteroatoms. The average Bonchev–Trinajstić information content (AvgIpc) is 2.93. The molecular formula is C16H24N2S2. The molecule has 2 heterocycles. The van der Waals surface area contributed by atoms with Gasteiger partial charge < -0.3 is 5.32 Å². The Morgan fingerprint density at radius 3 is 2.60 bits per heavy atom. The average molecular weight is 309 g/mol. The minimum Gasteiger partial charge on any atom is -0.307 e. The molecule has 0 aliphatic heterocycles. The van der Waals surface area contributed by atoms with Gasteiger partial charge in [-0.3, -0.25) is 0 Å². The van der Waals surface area contributed by atoms with Gasteiger partial charge in [0.25, 0.3) is 0 Å². The van der Waals surface area contributed by atoms with Crippen LogP contribution in [0.2, 0.25) is 0 Å². The maximum absolute atomic E-state index is 4.88. The van der Waals surface area contributed by atoms with E-state index in [2.05, 4.69) is 56.8 Å². The van der Waals surface area contributed by atoms with Gasteiger partial charge in [-0.25, -0.2) is 4.98 Å². The zero-order chi connectivity index (χ0) is 14.8. The van der Waals surface area contributed by atoms with Gasteiger partial charge >= 0.3 is 0 Å². The van der Waals surface area contributed by atoms with Gasteiger partial charge in [0, 0.05) is 27.9 Å². The highest BCUT2D eigenvalue weighted by molar-refractivity contribution is 7.15. The van der Waals surface area contributed by atoms with E-state index in [1.807, 2.05) is 11.3 Å². The quantitative estimate of drug-likeness (QED) is 0.844. The second-order valence-electron chi connectivity index (χ2n) is 6.60. The molecule has 0 unspecified atom stereocenters. The van der Waals surface area contributed by atoms with Crippen molar-refractivity contribution in [3.63, 3.8) is 0 Å². The van der Waals surface area contributed by atoms with Crippen molar-refractivity contribution < 1.29 is 0 Å². The van der Waals surface area contributed by atoms with Crippen LogP contribution in [0.4, 0.5) is 0 Å². The normalized spacial score (nSPS) is 12.3. The first-order chi connectivity index (χ1) is 9.35. The molecular weight excluding hydrogens is 284 g/mol. The van der Waals surface area contributed by atoms with Gasteiger partial charge in [0.1, 0.15) is 5.01 Å². The zero-order valence-corrected chi connectivity index (χ0v) is 14.6. The summed E-state index contributed by atoms with van der Waals surface area (Å²) in [5.41, 5.74) is 2.66. The molecule has 0 aliphatic rings. The number of aromatic nitrogens is 1. The molecule has 0 aliphatic carbocycles. The topological polar surface area (TPSA) is 24.9 Å². The van der Waals surface area contributed by atoms with E-state index in [1.165, 1.54) is 16.1 Å². The van der Waals surface area contributed by atoms with E-state index in [4.69, 9.17) is 4.98 Å². The Bertz CT molecular complexity index is 533. The van der Waals surface area contributed by atoms with E-state index in [1.54, 1.807) is 11.3 Å². The maximum Gasteiger partial charge on any atom is 0.124 e. The van der Waals surface area contributed by atoms with Gasteiger partial charge in [0.05, 0.1) is 5.69 Å². The zero-order valence-electron chi connectivity index (χ0n) is 13.0. The van der Waals surface area contributed by atoms with Crippen LogP contribution in [0.3, 0.4) is 0 Å². The van der Waals surface area contributed by atoms with E-state index < -0.39 is 0 Å². The molecule has 0 bridgehead atoms. The van der Waals surface area contributed by atoms with Crippen LogP contribution >= 0.6 is 22.7 Å². The van der Waals surface area contributed by atoms with Gasteiger partial charge in [-0.15, -0.1) is 11.3 Å². The third-order valence-electron chi connectivity index (χ3n) is 2.93. The lowest BCUT2D eigenvalue weighted by atomic mass is 10.1. The Labute approximate surface area is 130 Å². The number of thiophene rings is 1. The molecule has 2 nitrogen and oxygen atoms in total. The van der Waals surface area contributed by atoms with Crippen LogP contribution in [0.15, 0.2) is 16.8 Å². The summed E-state index contributed by atoms with van der Waals surface area (Å²) in [7, 11) is 0. The fraction of sp³-hybridized carbons (Fsp3) is 0.562. The van der Waals surface area contributed by atoms with E-state index in [-0.39, 0.29) is 5.54 Å². The van der Waals surface area contributed by atoms with Crippen molar-refractivity contribution in [2.75, 3.05) is 0 Å². The van der Waals surface area contributed by atoms with Crippen LogP contribution in [-0.2, 0) is 13.0 Å². The number of thiazole rings is 1. The molecule has 0 radical (unpaired) electrons. The van der Waals surface area contributed by atoms with Crippen molar-refractivity contribution in [1.29, 1.82) is 0 Å². The van der Waals surface area contributed by atoms with Crippen LogP contribution in [0, 0.1) is 5.92 Å². The van der Waals surface area contributed by atoms with Crippen LogP contribution in [0.1, 0.15) is 45.2 Å². The first-order valence-corrected chi connectivity index (χ1v) is 8.87. The fourth-order valence-corrected chi connectivity index (χ4v) is 3.66. The summed E-state index contributed by atoms with van der Waals surface area (Å²) in [5.74, 6) is 0.640. The largest absolute Gasteiger partial charge is 0.307 e. The molecule has 0 aromatic carbocycles. The molecule has 1 N–H and O–H groups in total. The highest BCUT2D eigenvalue weighted by Gasteiger charge is 2.16. The minimum atomic E-state index is 0.141. The summed E-state index contributed by atoms with van der Waals surface area (Å²) >= 11 is 3.57. The smallest absolute Gasteiger partial charge is 0.124 e. The SMILES string of the molecule is CC(C)Cc1nc(-c2ccsc2)sc1CNC(C)(C)C. The Morgan fingerprint density at radius 1 is 1.30 bits per heavy atom. The van der Waals surface area contributed by atoms with Crippen LogP contribution in [0.25, 0.3) is 10.6 Å². The second-order valence-corrected chi connectivity index (χ2v) is 8.47. The van der Waals surface area contributed by atoms with Gasteiger partial charge in [-0.1, -0.05) is 13.8 Å². The van der Waals surface area contributed by atoms with Crippen LogP contribution in [-0.4, -0.2) is 10.5 Å². The van der Waals surface area contributed by atoms with Crippen molar-refractivity contribution >= 4 is 22.7 Å². The van der Waals surface area contributed by atoms with Crippen molar-refractivity contribution in [3.05, 3.63) is 27.4 Å². The van der Waals surface area contributed by atoms with Gasteiger partial charge in [-0.05, 0) is 44.6 Å². The van der Waals surface area contributed by atoms with Crippen molar-refractivity contribution in [2.24, 2.45) is 5.92 Å². The lowest BCUT2D eigenvalue weighted by Gasteiger charge is -2.20. The molecule has 0 atom stereocenters. The van der Waals surface area contributed by atoms with Crippen molar-refractivity contribution in [1.82, 2.24) is 10.3 Å². The Morgan fingerprint density at radius 2 is 2.05 bits per heavy atom. The first kappa shape index (κ1) is 15.7. The lowest BCUT2D eigenvalue weighted by Crippen LogP contribution is -2.35. The predicted octanol–water partition coefficient (Wildman–Crippen LogP) is 4.96. The van der Waals surface area contributed by atoms with Gasteiger partial charge in [0.2, 0.25) is 0 Å². The molecule has 110 valence electrons. The molecule has 0 amide bonds. The Balaban J connectivity index is 2.23. The molecule has 0 saturated carbocycles. The van der Waals surface area contributed by atoms with E-state index in [0.717, 1.165) is 18.0 Å². The Kier molecular flexibility index (Phi) is 4.99. The highest BCUT2D eigenvalue weighted by Crippen LogP contribution is 2.31.